The van der Waals surface area contributed by atoms with Crippen LogP contribution >= 0.6 is 0 Å². The summed E-state index contributed by atoms with van der Waals surface area (Å²) in [6, 6.07) is 11.1. The van der Waals surface area contributed by atoms with Crippen molar-refractivity contribution in [3.8, 4) is 33.6 Å². The SMILES string of the molecule is COC(=O)N[C@H](C(=O)N1CC(F)(F)C[C@H]1c1nc(-c2ccc(-c3ccc(-c4c[nH]c([C@@H]5CC(F)(F)CN5C[C@H](NC(=O)O)[C@@H](C)OC)n4)cc3)cc2)c[nH]1)[C@@H](C)OC. The predicted molar refractivity (Wildman–Crippen MR) is 202 cm³/mol. The molecule has 2 aromatic heterocycles. The Labute approximate surface area is 331 Å². The lowest BCUT2D eigenvalue weighted by Gasteiger charge is -2.30. The normalized spacial score (nSPS) is 20.9. The maximum atomic E-state index is 14.8. The van der Waals surface area contributed by atoms with E-state index in [2.05, 4.69) is 35.3 Å². The van der Waals surface area contributed by atoms with Crippen LogP contribution in [0.25, 0.3) is 33.6 Å². The van der Waals surface area contributed by atoms with E-state index in [9.17, 15) is 37.1 Å². The van der Waals surface area contributed by atoms with Gasteiger partial charge in [-0.3, -0.25) is 9.69 Å². The van der Waals surface area contributed by atoms with Crippen LogP contribution in [0, 0.1) is 0 Å². The van der Waals surface area contributed by atoms with E-state index < -0.39 is 92.2 Å². The van der Waals surface area contributed by atoms with Crippen LogP contribution in [0.2, 0.25) is 0 Å². The minimum atomic E-state index is -3.19. The van der Waals surface area contributed by atoms with Crippen molar-refractivity contribution < 1.29 is 51.3 Å². The van der Waals surface area contributed by atoms with Crippen LogP contribution in [0.15, 0.2) is 60.9 Å². The molecule has 2 fully saturated rings. The number of nitrogens with zero attached hydrogens (tertiary/aromatic N) is 4. The van der Waals surface area contributed by atoms with E-state index in [-0.39, 0.29) is 12.4 Å². The molecule has 5 N–H and O–H groups in total. The summed E-state index contributed by atoms with van der Waals surface area (Å²) in [4.78, 5) is 54.6. The standard InChI is InChI=1S/C39H46F4N8O7/c1-21(56-3)29(48-36(53)54)18-50-19-38(40,41)14-30(50)33-44-16-27(46-33)25-10-6-23(7-11-25)24-8-12-26(13-9-24)28-17-45-34(47-28)31-15-39(42,43)20-51(31)35(52)32(22(2)57-4)49-37(55)58-5/h6-13,16-17,21-22,29-32,48H,14-15,18-20H2,1-5H3,(H,44,46)(H,45,47)(H,49,55)(H,53,54)/t21-,22-,29+,30+,31+,32+/m1/s1. The van der Waals surface area contributed by atoms with Crippen LogP contribution < -0.4 is 10.6 Å². The topological polar surface area (TPSA) is 187 Å². The lowest BCUT2D eigenvalue weighted by atomic mass is 10.0. The van der Waals surface area contributed by atoms with Gasteiger partial charge >= 0.3 is 12.2 Å². The highest BCUT2D eigenvalue weighted by atomic mass is 19.3. The third kappa shape index (κ3) is 9.43. The van der Waals surface area contributed by atoms with Crippen molar-refractivity contribution >= 4 is 18.1 Å². The maximum Gasteiger partial charge on any atom is 0.407 e. The number of likely N-dealkylation sites (tertiary alicyclic amines) is 2. The Balaban J connectivity index is 1.14. The molecule has 0 saturated carbocycles. The zero-order valence-corrected chi connectivity index (χ0v) is 32.5. The fraction of sp³-hybridized carbons (Fsp3) is 0.462. The number of imidazole rings is 2. The molecule has 312 valence electrons. The molecule has 6 atom stereocenters. The molecular formula is C39H46F4N8O7. The van der Waals surface area contributed by atoms with Crippen molar-refractivity contribution in [2.45, 2.75) is 74.9 Å². The summed E-state index contributed by atoms with van der Waals surface area (Å²) in [5.74, 6) is -6.44. The highest BCUT2D eigenvalue weighted by Crippen LogP contribution is 2.42. The van der Waals surface area contributed by atoms with Crippen molar-refractivity contribution in [2.24, 2.45) is 0 Å². The van der Waals surface area contributed by atoms with Crippen molar-refractivity contribution in [1.29, 1.82) is 0 Å². The number of carboxylic acid groups (broad SMARTS) is 1. The summed E-state index contributed by atoms with van der Waals surface area (Å²) in [5.41, 5.74) is 4.22. The molecule has 0 aliphatic carbocycles. The quantitative estimate of drug-likeness (QED) is 0.0967. The van der Waals surface area contributed by atoms with Gasteiger partial charge in [-0.15, -0.1) is 0 Å². The van der Waals surface area contributed by atoms with Crippen LogP contribution in [0.3, 0.4) is 0 Å². The van der Waals surface area contributed by atoms with Gasteiger partial charge in [0.2, 0.25) is 5.91 Å². The van der Waals surface area contributed by atoms with E-state index in [1.165, 1.54) is 26.0 Å². The molecule has 2 aliphatic rings. The first kappa shape index (κ1) is 42.1. The van der Waals surface area contributed by atoms with Gasteiger partial charge < -0.3 is 44.8 Å². The number of aromatic nitrogens is 4. The van der Waals surface area contributed by atoms with Crippen molar-refractivity contribution in [3.63, 3.8) is 0 Å². The zero-order valence-electron chi connectivity index (χ0n) is 32.5. The van der Waals surface area contributed by atoms with E-state index >= 15 is 0 Å². The Hall–Kier alpha value is -5.53. The highest BCUT2D eigenvalue weighted by Gasteiger charge is 2.51. The fourth-order valence-electron chi connectivity index (χ4n) is 7.38. The second kappa shape index (κ2) is 17.1. The highest BCUT2D eigenvalue weighted by molar-refractivity contribution is 5.87. The number of alkyl halides is 4. The van der Waals surface area contributed by atoms with Crippen LogP contribution in [0.4, 0.5) is 27.2 Å². The number of rotatable bonds is 14. The summed E-state index contributed by atoms with van der Waals surface area (Å²) < 4.78 is 74.1. The average Bonchev–Trinajstić information content (AvgIpc) is 4.01. The van der Waals surface area contributed by atoms with Gasteiger partial charge in [0, 0.05) is 57.1 Å². The van der Waals surface area contributed by atoms with Gasteiger partial charge in [0.25, 0.3) is 11.8 Å². The predicted octanol–water partition coefficient (Wildman–Crippen LogP) is 5.86. The second-order valence-corrected chi connectivity index (χ2v) is 14.6. The molecule has 0 bridgehead atoms. The molecule has 2 aliphatic heterocycles. The number of halogens is 4. The van der Waals surface area contributed by atoms with Crippen LogP contribution in [-0.4, -0.2) is 130 Å². The number of methoxy groups -OCH3 is 3. The molecule has 58 heavy (non-hydrogen) atoms. The number of amides is 3. The number of nitrogens with one attached hydrogen (secondary N) is 4. The van der Waals surface area contributed by atoms with E-state index in [4.69, 9.17) is 9.47 Å². The van der Waals surface area contributed by atoms with E-state index in [0.29, 0.717) is 22.8 Å². The van der Waals surface area contributed by atoms with Gasteiger partial charge in [-0.1, -0.05) is 48.5 Å². The van der Waals surface area contributed by atoms with E-state index in [1.54, 1.807) is 19.3 Å². The number of ether oxygens (including phenoxy) is 3. The number of alkyl carbamates (subject to hydrolysis) is 1. The Kier molecular flexibility index (Phi) is 12.4. The van der Waals surface area contributed by atoms with Crippen LogP contribution in [0.5, 0.6) is 0 Å². The van der Waals surface area contributed by atoms with Crippen molar-refractivity contribution in [3.05, 3.63) is 72.6 Å². The molecule has 0 radical (unpaired) electrons. The van der Waals surface area contributed by atoms with Crippen LogP contribution in [0.1, 0.15) is 50.4 Å². The first-order chi connectivity index (χ1) is 27.5. The number of carbonyl (C=O) groups excluding carboxylic acids is 2. The largest absolute Gasteiger partial charge is 0.465 e. The number of H-pyrrole nitrogens is 2. The summed E-state index contributed by atoms with van der Waals surface area (Å²) in [6.07, 6.45) is -1.49. The lowest BCUT2D eigenvalue weighted by molar-refractivity contribution is -0.138. The molecule has 15 nitrogen and oxygen atoms in total. The first-order valence-corrected chi connectivity index (χ1v) is 18.5. The number of hydrogen-bond acceptors (Lipinski definition) is 9. The smallest absolute Gasteiger partial charge is 0.407 e. The van der Waals surface area contributed by atoms with Gasteiger partial charge in [-0.05, 0) is 25.0 Å². The number of hydrogen-bond donors (Lipinski definition) is 5. The molecule has 0 spiro atoms. The van der Waals surface area contributed by atoms with Gasteiger partial charge in [-0.25, -0.2) is 37.1 Å². The maximum absolute atomic E-state index is 14.8. The van der Waals surface area contributed by atoms with Gasteiger partial charge in [0.05, 0.1) is 61.9 Å². The van der Waals surface area contributed by atoms with Crippen molar-refractivity contribution in [1.82, 2.24) is 40.4 Å². The third-order valence-corrected chi connectivity index (χ3v) is 10.7. The number of carbonyl (C=O) groups is 3. The van der Waals surface area contributed by atoms with Gasteiger partial charge in [0.15, 0.2) is 0 Å². The minimum absolute atomic E-state index is 0.00179. The first-order valence-electron chi connectivity index (χ1n) is 18.5. The fourth-order valence-corrected chi connectivity index (χ4v) is 7.38. The average molecular weight is 815 g/mol. The van der Waals surface area contributed by atoms with E-state index in [1.807, 2.05) is 48.5 Å². The molecule has 2 saturated heterocycles. The van der Waals surface area contributed by atoms with Gasteiger partial charge in [0.1, 0.15) is 17.7 Å². The van der Waals surface area contributed by atoms with Crippen molar-refractivity contribution in [2.75, 3.05) is 41.0 Å². The summed E-state index contributed by atoms with van der Waals surface area (Å²) in [7, 11) is 3.89. The number of aromatic amines is 2. The Bertz CT molecular complexity index is 2060. The molecule has 4 aromatic rings. The van der Waals surface area contributed by atoms with Gasteiger partial charge in [-0.2, -0.15) is 0 Å². The Morgan fingerprint density at radius 3 is 1.76 bits per heavy atom. The van der Waals surface area contributed by atoms with Crippen LogP contribution in [-0.2, 0) is 19.0 Å². The molecule has 19 heteroatoms. The Morgan fingerprint density at radius 2 is 1.26 bits per heavy atom. The zero-order chi connectivity index (χ0) is 41.9. The lowest BCUT2D eigenvalue weighted by Crippen LogP contribution is -2.54. The second-order valence-electron chi connectivity index (χ2n) is 14.6. The molecule has 3 amide bonds. The molecule has 2 aromatic carbocycles. The summed E-state index contributed by atoms with van der Waals surface area (Å²) in [5, 5.41) is 14.0. The summed E-state index contributed by atoms with van der Waals surface area (Å²) >= 11 is 0. The Morgan fingerprint density at radius 1 is 0.776 bits per heavy atom. The molecular weight excluding hydrogens is 768 g/mol. The number of benzene rings is 2. The third-order valence-electron chi connectivity index (χ3n) is 10.7. The monoisotopic (exact) mass is 814 g/mol. The summed E-state index contributed by atoms with van der Waals surface area (Å²) in [6.45, 7) is 1.78. The molecule has 4 heterocycles. The molecule has 6 rings (SSSR count). The molecule has 0 unspecified atom stereocenters. The minimum Gasteiger partial charge on any atom is -0.465 e. The van der Waals surface area contributed by atoms with E-state index in [0.717, 1.165) is 28.7 Å².